The molecule has 8 nitrogen and oxygen atoms in total. The van der Waals surface area contributed by atoms with Crippen molar-refractivity contribution in [2.45, 2.75) is 44.7 Å². The Labute approximate surface area is 139 Å². The molecule has 8 heteroatoms. The number of nitro benzene ring substituents is 1. The lowest BCUT2D eigenvalue weighted by atomic mass is 9.81. The minimum atomic E-state index is -0.452. The van der Waals surface area contributed by atoms with Gasteiger partial charge in [-0.25, -0.2) is 10.9 Å². The maximum atomic E-state index is 12.4. The molecule has 1 aromatic rings. The number of nitro groups is 1. The van der Waals surface area contributed by atoms with Gasteiger partial charge >= 0.3 is 0 Å². The highest BCUT2D eigenvalue weighted by atomic mass is 16.6. The van der Waals surface area contributed by atoms with Gasteiger partial charge in [-0.15, -0.1) is 0 Å². The molecule has 1 amide bonds. The van der Waals surface area contributed by atoms with E-state index < -0.39 is 4.92 Å². The predicted molar refractivity (Wildman–Crippen MR) is 89.3 cm³/mol. The summed E-state index contributed by atoms with van der Waals surface area (Å²) < 4.78 is 0. The van der Waals surface area contributed by atoms with Gasteiger partial charge in [0.05, 0.1) is 10.6 Å². The SMILES string of the molecule is C/C(=N\NC(=O)C1NNC2CCCCC21)c1cccc([N+](=O)[O-])c1. The van der Waals surface area contributed by atoms with Gasteiger partial charge in [0.15, 0.2) is 0 Å². The average Bonchev–Trinajstić information content (AvgIpc) is 3.03. The van der Waals surface area contributed by atoms with Crippen molar-refractivity contribution in [3.63, 3.8) is 0 Å². The van der Waals surface area contributed by atoms with Crippen molar-refractivity contribution in [1.29, 1.82) is 0 Å². The Morgan fingerprint density at radius 1 is 1.33 bits per heavy atom. The quantitative estimate of drug-likeness (QED) is 0.440. The third-order valence-corrected chi connectivity index (χ3v) is 4.76. The van der Waals surface area contributed by atoms with E-state index >= 15 is 0 Å². The van der Waals surface area contributed by atoms with Crippen LogP contribution in [0.3, 0.4) is 0 Å². The molecule has 0 spiro atoms. The molecule has 1 aliphatic heterocycles. The summed E-state index contributed by atoms with van der Waals surface area (Å²) in [5.74, 6) is 0.105. The maximum absolute atomic E-state index is 12.4. The number of carbonyl (C=O) groups excluding carboxylic acids is 1. The Kier molecular flexibility index (Phi) is 4.86. The van der Waals surface area contributed by atoms with Crippen LogP contribution in [-0.4, -0.2) is 28.6 Å². The fourth-order valence-electron chi connectivity index (χ4n) is 3.42. The summed E-state index contributed by atoms with van der Waals surface area (Å²) in [6, 6.07) is 6.24. The third kappa shape index (κ3) is 3.44. The minimum absolute atomic E-state index is 0.0000774. The van der Waals surface area contributed by atoms with Gasteiger partial charge in [0.1, 0.15) is 6.04 Å². The number of non-ortho nitro benzene ring substituents is 1. The zero-order chi connectivity index (χ0) is 17.1. The van der Waals surface area contributed by atoms with Gasteiger partial charge in [0.25, 0.3) is 11.6 Å². The van der Waals surface area contributed by atoms with Crippen LogP contribution in [-0.2, 0) is 4.79 Å². The summed E-state index contributed by atoms with van der Waals surface area (Å²) in [6.45, 7) is 1.71. The zero-order valence-electron chi connectivity index (χ0n) is 13.5. The summed E-state index contributed by atoms with van der Waals surface area (Å²) in [5.41, 5.74) is 9.98. The maximum Gasteiger partial charge on any atom is 0.270 e. The monoisotopic (exact) mass is 331 g/mol. The molecule has 2 aliphatic rings. The molecule has 1 aliphatic carbocycles. The highest BCUT2D eigenvalue weighted by Crippen LogP contribution is 2.30. The summed E-state index contributed by atoms with van der Waals surface area (Å²) in [6.07, 6.45) is 4.44. The summed E-state index contributed by atoms with van der Waals surface area (Å²) >= 11 is 0. The van der Waals surface area contributed by atoms with Crippen LogP contribution in [0.25, 0.3) is 0 Å². The van der Waals surface area contributed by atoms with E-state index in [1.807, 2.05) is 0 Å². The van der Waals surface area contributed by atoms with Crippen molar-refractivity contribution in [2.24, 2.45) is 11.0 Å². The van der Waals surface area contributed by atoms with Gasteiger partial charge in [0.2, 0.25) is 0 Å². The third-order valence-electron chi connectivity index (χ3n) is 4.76. The molecule has 1 saturated carbocycles. The molecule has 3 atom stereocenters. The molecule has 0 aromatic heterocycles. The number of amides is 1. The zero-order valence-corrected chi connectivity index (χ0v) is 13.5. The molecule has 1 saturated heterocycles. The molecule has 0 radical (unpaired) electrons. The van der Waals surface area contributed by atoms with E-state index in [4.69, 9.17) is 0 Å². The molecule has 128 valence electrons. The van der Waals surface area contributed by atoms with Crippen molar-refractivity contribution in [3.05, 3.63) is 39.9 Å². The molecular formula is C16H21N5O3. The fourth-order valence-corrected chi connectivity index (χ4v) is 3.42. The first-order valence-electron chi connectivity index (χ1n) is 8.16. The Morgan fingerprint density at radius 2 is 2.12 bits per heavy atom. The van der Waals surface area contributed by atoms with Crippen LogP contribution >= 0.6 is 0 Å². The van der Waals surface area contributed by atoms with Gasteiger partial charge in [-0.3, -0.25) is 20.3 Å². The Balaban J connectivity index is 1.65. The minimum Gasteiger partial charge on any atom is -0.271 e. The van der Waals surface area contributed by atoms with Gasteiger partial charge in [0, 0.05) is 29.7 Å². The average molecular weight is 331 g/mol. The van der Waals surface area contributed by atoms with Crippen molar-refractivity contribution in [1.82, 2.24) is 16.3 Å². The van der Waals surface area contributed by atoms with Crippen molar-refractivity contribution >= 4 is 17.3 Å². The topological polar surface area (TPSA) is 109 Å². The van der Waals surface area contributed by atoms with Gasteiger partial charge in [-0.05, 0) is 19.8 Å². The Bertz CT molecular complexity index is 675. The number of carbonyl (C=O) groups is 1. The van der Waals surface area contributed by atoms with Gasteiger partial charge in [-0.2, -0.15) is 5.10 Å². The lowest BCUT2D eigenvalue weighted by molar-refractivity contribution is -0.384. The second-order valence-corrected chi connectivity index (χ2v) is 6.30. The van der Waals surface area contributed by atoms with Crippen molar-refractivity contribution in [3.8, 4) is 0 Å². The first kappa shape index (κ1) is 16.5. The fraction of sp³-hybridized carbons (Fsp3) is 0.500. The van der Waals surface area contributed by atoms with Crippen molar-refractivity contribution in [2.75, 3.05) is 0 Å². The number of nitrogens with one attached hydrogen (secondary N) is 3. The van der Waals surface area contributed by atoms with Crippen LogP contribution in [0.5, 0.6) is 0 Å². The van der Waals surface area contributed by atoms with E-state index in [1.165, 1.54) is 18.6 Å². The molecule has 3 N–H and O–H groups in total. The second kappa shape index (κ2) is 7.06. The largest absolute Gasteiger partial charge is 0.271 e. The van der Waals surface area contributed by atoms with E-state index in [2.05, 4.69) is 21.4 Å². The number of nitrogens with zero attached hydrogens (tertiary/aromatic N) is 2. The summed E-state index contributed by atoms with van der Waals surface area (Å²) in [7, 11) is 0. The Hall–Kier alpha value is -2.32. The number of hydrazine groups is 1. The summed E-state index contributed by atoms with van der Waals surface area (Å²) in [5, 5.41) is 14.9. The lowest BCUT2D eigenvalue weighted by Gasteiger charge is -2.26. The molecule has 24 heavy (non-hydrogen) atoms. The number of hydrogen-bond donors (Lipinski definition) is 3. The molecule has 1 heterocycles. The van der Waals surface area contributed by atoms with E-state index in [1.54, 1.807) is 19.1 Å². The molecule has 1 aromatic carbocycles. The first-order chi connectivity index (χ1) is 11.6. The predicted octanol–water partition coefficient (Wildman–Crippen LogP) is 1.47. The van der Waals surface area contributed by atoms with Crippen LogP contribution in [0.2, 0.25) is 0 Å². The number of benzene rings is 1. The first-order valence-corrected chi connectivity index (χ1v) is 8.16. The van der Waals surface area contributed by atoms with Crippen molar-refractivity contribution < 1.29 is 9.72 Å². The Morgan fingerprint density at radius 3 is 2.92 bits per heavy atom. The lowest BCUT2D eigenvalue weighted by Crippen LogP contribution is -2.44. The molecular weight excluding hydrogens is 310 g/mol. The molecule has 2 fully saturated rings. The normalized spacial score (nSPS) is 26.7. The second-order valence-electron chi connectivity index (χ2n) is 6.30. The number of hydrazone groups is 1. The number of hydrogen-bond acceptors (Lipinski definition) is 6. The molecule has 3 rings (SSSR count). The highest BCUT2D eigenvalue weighted by molar-refractivity contribution is 5.99. The molecule has 0 bridgehead atoms. The van der Waals surface area contributed by atoms with Crippen LogP contribution in [0, 0.1) is 16.0 Å². The standard InChI is InChI=1S/C16H21N5O3/c1-10(11-5-4-6-12(9-11)21(23)24)17-20-16(22)15-13-7-2-3-8-14(13)18-19-15/h4-6,9,13-15,18-19H,2-3,7-8H2,1H3,(H,20,22)/b17-10+. The summed E-state index contributed by atoms with van der Waals surface area (Å²) in [4.78, 5) is 22.8. The van der Waals surface area contributed by atoms with E-state index in [9.17, 15) is 14.9 Å². The van der Waals surface area contributed by atoms with Gasteiger partial charge < -0.3 is 0 Å². The van der Waals surface area contributed by atoms with Gasteiger partial charge in [-0.1, -0.05) is 25.0 Å². The highest BCUT2D eigenvalue weighted by Gasteiger charge is 2.40. The molecule has 3 unspecified atom stereocenters. The van der Waals surface area contributed by atoms with E-state index in [0.717, 1.165) is 19.3 Å². The smallest absolute Gasteiger partial charge is 0.270 e. The van der Waals surface area contributed by atoms with Crippen LogP contribution in [0.15, 0.2) is 29.4 Å². The number of rotatable bonds is 4. The van der Waals surface area contributed by atoms with Crippen LogP contribution in [0.4, 0.5) is 5.69 Å². The number of fused-ring (bicyclic) bond motifs is 1. The van der Waals surface area contributed by atoms with Crippen LogP contribution < -0.4 is 16.3 Å². The van der Waals surface area contributed by atoms with Crippen LogP contribution in [0.1, 0.15) is 38.2 Å². The van der Waals surface area contributed by atoms with E-state index in [0.29, 0.717) is 17.3 Å². The van der Waals surface area contributed by atoms with E-state index in [-0.39, 0.29) is 23.6 Å².